The summed E-state index contributed by atoms with van der Waals surface area (Å²) >= 11 is 0. The normalized spacial score (nSPS) is 10.7. The zero-order valence-corrected chi connectivity index (χ0v) is 10.7. The van der Waals surface area contributed by atoms with Gasteiger partial charge in [-0.2, -0.15) is 0 Å². The van der Waals surface area contributed by atoms with E-state index in [2.05, 4.69) is 23.8 Å². The quantitative estimate of drug-likeness (QED) is 0.674. The third-order valence-corrected chi connectivity index (χ3v) is 2.84. The molecular formula is C13H14N4O2. The van der Waals surface area contributed by atoms with Gasteiger partial charge in [-0.05, 0) is 11.5 Å². The predicted octanol–water partition coefficient (Wildman–Crippen LogP) is 2.76. The third kappa shape index (κ3) is 2.67. The minimum atomic E-state index is -0.509. The molecule has 0 amide bonds. The number of nitrogens with zero attached hydrogens (tertiary/aromatic N) is 3. The fourth-order valence-electron chi connectivity index (χ4n) is 1.76. The summed E-state index contributed by atoms with van der Waals surface area (Å²) in [5.41, 5.74) is 7.41. The fourth-order valence-corrected chi connectivity index (χ4v) is 1.76. The van der Waals surface area contributed by atoms with Gasteiger partial charge < -0.3 is 5.73 Å². The Morgan fingerprint density at radius 3 is 2.42 bits per heavy atom. The molecule has 1 aromatic carbocycles. The Labute approximate surface area is 110 Å². The number of rotatable bonds is 3. The summed E-state index contributed by atoms with van der Waals surface area (Å²) < 4.78 is 0. The van der Waals surface area contributed by atoms with Crippen LogP contribution in [0.25, 0.3) is 11.3 Å². The summed E-state index contributed by atoms with van der Waals surface area (Å²) in [5, 5.41) is 11.0. The summed E-state index contributed by atoms with van der Waals surface area (Å²) in [6, 6.07) is 7.48. The summed E-state index contributed by atoms with van der Waals surface area (Å²) in [5.74, 6) is 0.424. The molecular weight excluding hydrogens is 244 g/mol. The Bertz CT molecular complexity index is 609. The molecule has 1 aromatic heterocycles. The van der Waals surface area contributed by atoms with Gasteiger partial charge in [0.2, 0.25) is 5.95 Å². The van der Waals surface area contributed by atoms with Gasteiger partial charge >= 0.3 is 5.69 Å². The van der Waals surface area contributed by atoms with E-state index in [0.717, 1.165) is 11.8 Å². The van der Waals surface area contributed by atoms with Gasteiger partial charge in [0.05, 0.1) is 4.92 Å². The van der Waals surface area contributed by atoms with Gasteiger partial charge in [-0.3, -0.25) is 10.1 Å². The highest BCUT2D eigenvalue weighted by Crippen LogP contribution is 2.28. The molecule has 6 nitrogen and oxygen atoms in total. The highest BCUT2D eigenvalue weighted by Gasteiger charge is 2.18. The minimum absolute atomic E-state index is 0.0218. The van der Waals surface area contributed by atoms with Crippen molar-refractivity contribution in [3.8, 4) is 11.3 Å². The van der Waals surface area contributed by atoms with Crippen molar-refractivity contribution >= 4 is 11.6 Å². The molecule has 19 heavy (non-hydrogen) atoms. The van der Waals surface area contributed by atoms with Gasteiger partial charge in [0.1, 0.15) is 6.20 Å². The van der Waals surface area contributed by atoms with Crippen LogP contribution in [0, 0.1) is 10.1 Å². The number of aromatic nitrogens is 2. The predicted molar refractivity (Wildman–Crippen MR) is 72.6 cm³/mol. The number of anilines is 1. The van der Waals surface area contributed by atoms with Crippen LogP contribution in [-0.2, 0) is 0 Å². The zero-order chi connectivity index (χ0) is 14.0. The van der Waals surface area contributed by atoms with E-state index in [1.807, 2.05) is 24.3 Å². The van der Waals surface area contributed by atoms with Gasteiger partial charge in [-0.25, -0.2) is 9.97 Å². The monoisotopic (exact) mass is 258 g/mol. The van der Waals surface area contributed by atoms with E-state index < -0.39 is 4.92 Å². The maximum atomic E-state index is 11.0. The molecule has 0 aliphatic carbocycles. The maximum Gasteiger partial charge on any atom is 0.313 e. The lowest BCUT2D eigenvalue weighted by molar-refractivity contribution is -0.384. The topological polar surface area (TPSA) is 94.9 Å². The minimum Gasteiger partial charge on any atom is -0.368 e. The molecule has 0 aliphatic heterocycles. The van der Waals surface area contributed by atoms with Crippen LogP contribution in [0.4, 0.5) is 11.6 Å². The standard InChI is InChI=1S/C13H14N4O2/c1-8(2)9-3-5-10(6-4-9)12-11(17(18)19)7-15-13(14)16-12/h3-8H,1-2H3,(H2,14,15,16). The molecule has 0 saturated carbocycles. The molecule has 98 valence electrons. The second-order valence-corrected chi connectivity index (χ2v) is 4.50. The summed E-state index contributed by atoms with van der Waals surface area (Å²) in [7, 11) is 0. The van der Waals surface area contributed by atoms with Crippen LogP contribution >= 0.6 is 0 Å². The number of nitrogens with two attached hydrogens (primary N) is 1. The molecule has 2 N–H and O–H groups in total. The van der Waals surface area contributed by atoms with E-state index in [4.69, 9.17) is 5.73 Å². The van der Waals surface area contributed by atoms with E-state index in [1.165, 1.54) is 0 Å². The van der Waals surface area contributed by atoms with Crippen molar-refractivity contribution in [3.05, 3.63) is 46.1 Å². The molecule has 0 fully saturated rings. The van der Waals surface area contributed by atoms with Gasteiger partial charge in [0.15, 0.2) is 5.69 Å². The van der Waals surface area contributed by atoms with Crippen LogP contribution < -0.4 is 5.73 Å². The molecule has 1 heterocycles. The Balaban J connectivity index is 2.51. The van der Waals surface area contributed by atoms with Crippen molar-refractivity contribution in [1.82, 2.24) is 9.97 Å². The first-order valence-corrected chi connectivity index (χ1v) is 5.86. The molecule has 0 atom stereocenters. The number of hydrogen-bond acceptors (Lipinski definition) is 5. The molecule has 0 bridgehead atoms. The molecule has 0 radical (unpaired) electrons. The van der Waals surface area contributed by atoms with Crippen LogP contribution in [0.2, 0.25) is 0 Å². The maximum absolute atomic E-state index is 11.0. The van der Waals surface area contributed by atoms with Crippen LogP contribution in [-0.4, -0.2) is 14.9 Å². The summed E-state index contributed by atoms with van der Waals surface area (Å²) in [4.78, 5) is 18.1. The smallest absolute Gasteiger partial charge is 0.313 e. The van der Waals surface area contributed by atoms with Crippen LogP contribution in [0.15, 0.2) is 30.5 Å². The van der Waals surface area contributed by atoms with Crippen molar-refractivity contribution in [3.63, 3.8) is 0 Å². The number of benzene rings is 1. The van der Waals surface area contributed by atoms with Crippen molar-refractivity contribution in [2.75, 3.05) is 5.73 Å². The Morgan fingerprint density at radius 1 is 1.26 bits per heavy atom. The third-order valence-electron chi connectivity index (χ3n) is 2.84. The molecule has 2 aromatic rings. The molecule has 0 unspecified atom stereocenters. The van der Waals surface area contributed by atoms with Crippen molar-refractivity contribution in [2.24, 2.45) is 0 Å². The lowest BCUT2D eigenvalue weighted by Gasteiger charge is -2.07. The van der Waals surface area contributed by atoms with Crippen molar-refractivity contribution < 1.29 is 4.92 Å². The van der Waals surface area contributed by atoms with Gasteiger partial charge in [0, 0.05) is 5.56 Å². The largest absolute Gasteiger partial charge is 0.368 e. The highest BCUT2D eigenvalue weighted by molar-refractivity contribution is 5.69. The highest BCUT2D eigenvalue weighted by atomic mass is 16.6. The SMILES string of the molecule is CC(C)c1ccc(-c2nc(N)ncc2[N+](=O)[O-])cc1. The molecule has 0 spiro atoms. The van der Waals surface area contributed by atoms with Gasteiger partial charge in [-0.15, -0.1) is 0 Å². The van der Waals surface area contributed by atoms with Crippen LogP contribution in [0.3, 0.4) is 0 Å². The Hall–Kier alpha value is -2.50. The molecule has 6 heteroatoms. The van der Waals surface area contributed by atoms with E-state index in [9.17, 15) is 10.1 Å². The lowest BCUT2D eigenvalue weighted by Crippen LogP contribution is -2.01. The Kier molecular flexibility index (Phi) is 3.41. The van der Waals surface area contributed by atoms with Crippen molar-refractivity contribution in [1.29, 1.82) is 0 Å². The second-order valence-electron chi connectivity index (χ2n) is 4.50. The first kappa shape index (κ1) is 12.9. The molecule has 0 saturated heterocycles. The van der Waals surface area contributed by atoms with Gasteiger partial charge in [-0.1, -0.05) is 38.1 Å². The summed E-state index contributed by atoms with van der Waals surface area (Å²) in [6.45, 7) is 4.17. The molecule has 0 aliphatic rings. The van der Waals surface area contributed by atoms with Gasteiger partial charge in [0.25, 0.3) is 0 Å². The second kappa shape index (κ2) is 5.01. The van der Waals surface area contributed by atoms with E-state index >= 15 is 0 Å². The number of nitro groups is 1. The zero-order valence-electron chi connectivity index (χ0n) is 10.7. The first-order valence-electron chi connectivity index (χ1n) is 5.86. The van der Waals surface area contributed by atoms with Crippen LogP contribution in [0.5, 0.6) is 0 Å². The average Bonchev–Trinajstić information content (AvgIpc) is 2.38. The number of nitrogen functional groups attached to an aromatic ring is 1. The van der Waals surface area contributed by atoms with E-state index in [0.29, 0.717) is 11.5 Å². The van der Waals surface area contributed by atoms with E-state index in [-0.39, 0.29) is 17.3 Å². The first-order chi connectivity index (χ1) is 8.99. The fraction of sp³-hybridized carbons (Fsp3) is 0.231. The lowest BCUT2D eigenvalue weighted by atomic mass is 10.0. The number of hydrogen-bond donors (Lipinski definition) is 1. The van der Waals surface area contributed by atoms with Crippen LogP contribution in [0.1, 0.15) is 25.3 Å². The summed E-state index contributed by atoms with van der Waals surface area (Å²) in [6.07, 6.45) is 1.13. The molecule has 2 rings (SSSR count). The Morgan fingerprint density at radius 2 is 1.89 bits per heavy atom. The van der Waals surface area contributed by atoms with Crippen molar-refractivity contribution in [2.45, 2.75) is 19.8 Å². The average molecular weight is 258 g/mol. The van der Waals surface area contributed by atoms with E-state index in [1.54, 1.807) is 0 Å².